The van der Waals surface area contributed by atoms with Crippen molar-refractivity contribution in [1.82, 2.24) is 5.32 Å². The molecule has 1 fully saturated rings. The lowest BCUT2D eigenvalue weighted by Crippen LogP contribution is -2.26. The van der Waals surface area contributed by atoms with Gasteiger partial charge in [0.25, 0.3) is 0 Å². The fraction of sp³-hybridized carbons (Fsp3) is 0.357. The smallest absolute Gasteiger partial charge is 0.407 e. The molecule has 1 saturated carbocycles. The summed E-state index contributed by atoms with van der Waals surface area (Å²) >= 11 is 12.1. The third kappa shape index (κ3) is 4.15. The number of nitrogens with one attached hydrogen (secondary N) is 1. The van der Waals surface area contributed by atoms with Crippen molar-refractivity contribution in [2.75, 3.05) is 0 Å². The van der Waals surface area contributed by atoms with Gasteiger partial charge in [0.2, 0.25) is 0 Å². The minimum atomic E-state index is -0.413. The molecule has 0 unspecified atom stereocenters. The maximum atomic E-state index is 11.4. The van der Waals surface area contributed by atoms with Crippen LogP contribution in [0.1, 0.15) is 24.0 Å². The Morgan fingerprint density at radius 1 is 1.47 bits per heavy atom. The maximum Gasteiger partial charge on any atom is 0.407 e. The van der Waals surface area contributed by atoms with Gasteiger partial charge in [-0.2, -0.15) is 0 Å². The molecule has 5 heteroatoms. The highest BCUT2D eigenvalue weighted by Crippen LogP contribution is 2.28. The van der Waals surface area contributed by atoms with Gasteiger partial charge in [0, 0.05) is 11.6 Å². The Bertz CT molecular complexity index is 498. The zero-order valence-electron chi connectivity index (χ0n) is 10.4. The van der Waals surface area contributed by atoms with E-state index in [1.165, 1.54) is 0 Å². The van der Waals surface area contributed by atoms with Crippen LogP contribution in [-0.2, 0) is 17.8 Å². The van der Waals surface area contributed by atoms with Crippen LogP contribution in [0, 0.1) is 0 Å². The molecular formula is C14H15Cl2NO2. The lowest BCUT2D eigenvalue weighted by molar-refractivity contribution is 0.139. The Labute approximate surface area is 122 Å². The van der Waals surface area contributed by atoms with Crippen LogP contribution in [0.15, 0.2) is 24.8 Å². The Morgan fingerprint density at radius 2 is 2.21 bits per heavy atom. The molecule has 19 heavy (non-hydrogen) atoms. The molecule has 1 amide bonds. The second-order valence-corrected chi connectivity index (χ2v) is 5.32. The number of alkyl carbamates (subject to hydrolysis) is 1. The van der Waals surface area contributed by atoms with Gasteiger partial charge >= 0.3 is 6.09 Å². The minimum Gasteiger partial charge on any atom is -0.445 e. The van der Waals surface area contributed by atoms with Crippen molar-refractivity contribution in [3.05, 3.63) is 46.0 Å². The van der Waals surface area contributed by atoms with Crippen molar-refractivity contribution in [2.45, 2.75) is 31.9 Å². The molecule has 1 aromatic carbocycles. The Balaban J connectivity index is 2.00. The van der Waals surface area contributed by atoms with Crippen molar-refractivity contribution in [2.24, 2.45) is 0 Å². The average Bonchev–Trinajstić information content (AvgIpc) is 3.16. The molecule has 1 aliphatic rings. The van der Waals surface area contributed by atoms with Gasteiger partial charge in [-0.25, -0.2) is 4.79 Å². The summed E-state index contributed by atoms with van der Waals surface area (Å²) in [6.45, 7) is 3.79. The lowest BCUT2D eigenvalue weighted by atomic mass is 10.1. The molecule has 0 aromatic heterocycles. The predicted octanol–water partition coefficient (Wildman–Crippen LogP) is 4.11. The Kier molecular flexibility index (Phi) is 4.72. The van der Waals surface area contributed by atoms with Crippen LogP contribution in [0.4, 0.5) is 4.79 Å². The van der Waals surface area contributed by atoms with Crippen LogP contribution in [0.2, 0.25) is 10.0 Å². The van der Waals surface area contributed by atoms with Crippen molar-refractivity contribution >= 4 is 29.3 Å². The summed E-state index contributed by atoms with van der Waals surface area (Å²) in [5.41, 5.74) is 1.70. The molecule has 1 aliphatic carbocycles. The van der Waals surface area contributed by atoms with Gasteiger partial charge in [-0.05, 0) is 30.9 Å². The summed E-state index contributed by atoms with van der Waals surface area (Å²) in [5, 5.41) is 3.63. The number of carbonyl (C=O) groups is 1. The standard InChI is InChI=1S/C14H15Cl2NO2/c1-2-3-9-6-10(13(16)12(15)7-9)8-19-14(18)17-11-4-5-11/h2,6-7,11H,1,3-5,8H2,(H,17,18). The molecule has 0 aliphatic heterocycles. The van der Waals surface area contributed by atoms with E-state index in [1.807, 2.05) is 6.07 Å². The SMILES string of the molecule is C=CCc1cc(Cl)c(Cl)c(COC(=O)NC2CC2)c1. The Hall–Kier alpha value is -1.19. The molecule has 0 radical (unpaired) electrons. The van der Waals surface area contributed by atoms with Crippen molar-refractivity contribution in [3.8, 4) is 0 Å². The van der Waals surface area contributed by atoms with Crippen LogP contribution < -0.4 is 5.32 Å². The monoisotopic (exact) mass is 299 g/mol. The van der Waals surface area contributed by atoms with E-state index in [1.54, 1.807) is 12.1 Å². The van der Waals surface area contributed by atoms with Crippen molar-refractivity contribution < 1.29 is 9.53 Å². The van der Waals surface area contributed by atoms with Crippen LogP contribution in [-0.4, -0.2) is 12.1 Å². The van der Waals surface area contributed by atoms with E-state index >= 15 is 0 Å². The third-order valence-electron chi connectivity index (χ3n) is 2.80. The summed E-state index contributed by atoms with van der Waals surface area (Å²) in [4.78, 5) is 11.4. The summed E-state index contributed by atoms with van der Waals surface area (Å²) < 4.78 is 5.13. The first-order valence-corrected chi connectivity index (χ1v) is 6.86. The molecule has 0 heterocycles. The second-order valence-electron chi connectivity index (χ2n) is 4.54. The first-order chi connectivity index (χ1) is 9.10. The summed E-state index contributed by atoms with van der Waals surface area (Å²) in [7, 11) is 0. The van der Waals surface area contributed by atoms with Crippen molar-refractivity contribution in [1.29, 1.82) is 0 Å². The van der Waals surface area contributed by atoms with Gasteiger partial charge in [0.15, 0.2) is 0 Å². The molecule has 3 nitrogen and oxygen atoms in total. The molecule has 0 atom stereocenters. The molecule has 2 rings (SSSR count). The van der Waals surface area contributed by atoms with E-state index < -0.39 is 6.09 Å². The molecule has 1 N–H and O–H groups in total. The largest absolute Gasteiger partial charge is 0.445 e. The number of ether oxygens (including phenoxy) is 1. The number of benzene rings is 1. The van der Waals surface area contributed by atoms with Crippen LogP contribution in [0.25, 0.3) is 0 Å². The first kappa shape index (κ1) is 14.2. The van der Waals surface area contributed by atoms with Gasteiger partial charge in [0.1, 0.15) is 6.61 Å². The van der Waals surface area contributed by atoms with Crippen LogP contribution in [0.5, 0.6) is 0 Å². The van der Waals surface area contributed by atoms with Gasteiger partial charge in [0.05, 0.1) is 10.0 Å². The van der Waals surface area contributed by atoms with E-state index in [-0.39, 0.29) is 12.6 Å². The predicted molar refractivity (Wildman–Crippen MR) is 76.7 cm³/mol. The van der Waals surface area contributed by atoms with Gasteiger partial charge in [-0.3, -0.25) is 0 Å². The van der Waals surface area contributed by atoms with Crippen LogP contribution in [0.3, 0.4) is 0 Å². The molecule has 0 bridgehead atoms. The quantitative estimate of drug-likeness (QED) is 0.831. The summed E-state index contributed by atoms with van der Waals surface area (Å²) in [5.74, 6) is 0. The topological polar surface area (TPSA) is 38.3 Å². The van der Waals surface area contributed by atoms with Gasteiger partial charge in [-0.1, -0.05) is 35.3 Å². The fourth-order valence-corrected chi connectivity index (χ4v) is 2.10. The molecule has 0 spiro atoms. The third-order valence-corrected chi connectivity index (χ3v) is 3.64. The number of rotatable bonds is 5. The van der Waals surface area contributed by atoms with Gasteiger partial charge in [-0.15, -0.1) is 6.58 Å². The first-order valence-electron chi connectivity index (χ1n) is 6.11. The van der Waals surface area contributed by atoms with Crippen molar-refractivity contribution in [3.63, 3.8) is 0 Å². The second kappa shape index (κ2) is 6.31. The molecular weight excluding hydrogens is 285 g/mol. The summed E-state index contributed by atoms with van der Waals surface area (Å²) in [6, 6.07) is 3.94. The van der Waals surface area contributed by atoms with E-state index in [4.69, 9.17) is 27.9 Å². The minimum absolute atomic E-state index is 0.113. The molecule has 0 saturated heterocycles. The highest BCUT2D eigenvalue weighted by molar-refractivity contribution is 6.42. The average molecular weight is 300 g/mol. The highest BCUT2D eigenvalue weighted by Gasteiger charge is 2.24. The number of halogens is 2. The summed E-state index contributed by atoms with van der Waals surface area (Å²) in [6.07, 6.45) is 4.11. The van der Waals surface area contributed by atoms with Gasteiger partial charge < -0.3 is 10.1 Å². The normalized spacial score (nSPS) is 14.0. The zero-order valence-corrected chi connectivity index (χ0v) is 11.9. The fourth-order valence-electron chi connectivity index (χ4n) is 1.68. The maximum absolute atomic E-state index is 11.4. The van der Waals surface area contributed by atoms with E-state index in [0.717, 1.165) is 18.4 Å². The number of carbonyl (C=O) groups excluding carboxylic acids is 1. The zero-order chi connectivity index (χ0) is 13.8. The Morgan fingerprint density at radius 3 is 2.84 bits per heavy atom. The van der Waals surface area contributed by atoms with Crippen LogP contribution >= 0.6 is 23.2 Å². The lowest BCUT2D eigenvalue weighted by Gasteiger charge is -2.10. The number of hydrogen-bond acceptors (Lipinski definition) is 2. The van der Waals surface area contributed by atoms with E-state index in [9.17, 15) is 4.79 Å². The number of allylic oxidation sites excluding steroid dienone is 1. The number of amides is 1. The van der Waals surface area contributed by atoms with E-state index in [0.29, 0.717) is 22.0 Å². The number of hydrogen-bond donors (Lipinski definition) is 1. The highest BCUT2D eigenvalue weighted by atomic mass is 35.5. The molecule has 1 aromatic rings. The molecule has 102 valence electrons. The van der Waals surface area contributed by atoms with E-state index in [2.05, 4.69) is 11.9 Å².